The van der Waals surface area contributed by atoms with Crippen LogP contribution in [0.4, 0.5) is 0 Å². The highest BCUT2D eigenvalue weighted by Crippen LogP contribution is 2.40. The third-order valence-corrected chi connectivity index (χ3v) is 4.11. The highest BCUT2D eigenvalue weighted by atomic mass is 15.3. The van der Waals surface area contributed by atoms with Crippen molar-refractivity contribution < 1.29 is 0 Å². The van der Waals surface area contributed by atoms with Gasteiger partial charge in [-0.1, -0.05) is 47.0 Å². The van der Waals surface area contributed by atoms with E-state index >= 15 is 0 Å². The summed E-state index contributed by atoms with van der Waals surface area (Å²) < 4.78 is 0. The van der Waals surface area contributed by atoms with E-state index < -0.39 is 0 Å². The molecule has 2 unspecified atom stereocenters. The molecule has 1 nitrogen and oxygen atoms in total. The molecule has 1 fully saturated rings. The van der Waals surface area contributed by atoms with Crippen LogP contribution >= 0.6 is 0 Å². The largest absolute Gasteiger partial charge is 0.297 e. The number of likely N-dealkylation sites (tertiary alicyclic amines) is 1. The Kier molecular flexibility index (Phi) is 6.41. The molecule has 1 heterocycles. The first kappa shape index (κ1) is 14.0. The Balaban J connectivity index is 2.56. The molecule has 0 bridgehead atoms. The highest BCUT2D eigenvalue weighted by molar-refractivity contribution is 4.99. The van der Waals surface area contributed by atoms with E-state index in [2.05, 4.69) is 32.6 Å². The fraction of sp³-hybridized carbons (Fsp3) is 1.00. The third-order valence-electron chi connectivity index (χ3n) is 4.11. The van der Waals surface area contributed by atoms with Crippen LogP contribution in [-0.2, 0) is 0 Å². The summed E-state index contributed by atoms with van der Waals surface area (Å²) in [7, 11) is 0. The lowest BCUT2D eigenvalue weighted by atomic mass is 9.73. The van der Waals surface area contributed by atoms with Gasteiger partial charge in [0.1, 0.15) is 0 Å². The first-order valence-electron chi connectivity index (χ1n) is 7.55. The quantitative estimate of drug-likeness (QED) is 0.589. The average molecular weight is 225 g/mol. The molecule has 0 spiro atoms. The van der Waals surface area contributed by atoms with Gasteiger partial charge in [-0.15, -0.1) is 0 Å². The second-order valence-corrected chi connectivity index (χ2v) is 5.40. The maximum atomic E-state index is 2.81. The molecule has 0 radical (unpaired) electrons. The molecule has 1 aliphatic rings. The molecule has 0 amide bonds. The number of nitrogens with zero attached hydrogens (tertiary/aromatic N) is 1. The minimum atomic E-state index is 0.918. The monoisotopic (exact) mass is 225 g/mol. The van der Waals surface area contributed by atoms with Crippen molar-refractivity contribution in [1.82, 2.24) is 4.90 Å². The smallest absolute Gasteiger partial charge is 0.0141 e. The Morgan fingerprint density at radius 3 is 1.56 bits per heavy atom. The molecule has 1 saturated heterocycles. The van der Waals surface area contributed by atoms with Gasteiger partial charge in [-0.2, -0.15) is 0 Å². The van der Waals surface area contributed by atoms with E-state index in [0.29, 0.717) is 0 Å². The van der Waals surface area contributed by atoms with Gasteiger partial charge in [-0.3, -0.25) is 4.90 Å². The van der Waals surface area contributed by atoms with Crippen molar-refractivity contribution in [2.24, 2.45) is 5.92 Å². The van der Waals surface area contributed by atoms with Crippen LogP contribution in [0.1, 0.15) is 72.6 Å². The van der Waals surface area contributed by atoms with Crippen LogP contribution in [0.3, 0.4) is 0 Å². The van der Waals surface area contributed by atoms with Crippen LogP contribution in [0, 0.1) is 5.92 Å². The Labute approximate surface area is 103 Å². The summed E-state index contributed by atoms with van der Waals surface area (Å²) in [5, 5.41) is 0. The number of hydrogen-bond acceptors (Lipinski definition) is 1. The van der Waals surface area contributed by atoms with Crippen LogP contribution in [-0.4, -0.2) is 23.5 Å². The summed E-state index contributed by atoms with van der Waals surface area (Å²) >= 11 is 0. The zero-order valence-electron chi connectivity index (χ0n) is 11.8. The van der Waals surface area contributed by atoms with Crippen molar-refractivity contribution in [1.29, 1.82) is 0 Å². The van der Waals surface area contributed by atoms with Gasteiger partial charge in [0, 0.05) is 12.1 Å². The fourth-order valence-corrected chi connectivity index (χ4v) is 3.55. The summed E-state index contributed by atoms with van der Waals surface area (Å²) in [4.78, 5) is 2.81. The van der Waals surface area contributed by atoms with Crippen LogP contribution in [0.5, 0.6) is 0 Å². The molecule has 0 aromatic rings. The summed E-state index contributed by atoms with van der Waals surface area (Å²) in [5.74, 6) is 1.01. The molecule has 0 saturated carbocycles. The zero-order valence-corrected chi connectivity index (χ0v) is 11.8. The predicted molar refractivity (Wildman–Crippen MR) is 72.8 cm³/mol. The Hall–Kier alpha value is -0.0400. The molecule has 1 heteroatoms. The van der Waals surface area contributed by atoms with Gasteiger partial charge in [0.2, 0.25) is 0 Å². The average Bonchev–Trinajstić information content (AvgIpc) is 2.30. The molecular formula is C15H31N. The molecule has 0 aliphatic carbocycles. The Morgan fingerprint density at radius 1 is 0.688 bits per heavy atom. The molecule has 0 aromatic heterocycles. The summed E-state index contributed by atoms with van der Waals surface area (Å²) in [6, 6.07) is 1.84. The van der Waals surface area contributed by atoms with E-state index in [0.717, 1.165) is 18.0 Å². The second-order valence-electron chi connectivity index (χ2n) is 5.40. The molecule has 2 atom stereocenters. The van der Waals surface area contributed by atoms with E-state index in [1.807, 2.05) is 0 Å². The van der Waals surface area contributed by atoms with Gasteiger partial charge >= 0.3 is 0 Å². The first-order chi connectivity index (χ1) is 7.79. The zero-order chi connectivity index (χ0) is 12.0. The van der Waals surface area contributed by atoms with Crippen LogP contribution < -0.4 is 0 Å². The van der Waals surface area contributed by atoms with Gasteiger partial charge in [0.05, 0.1) is 0 Å². The summed E-state index contributed by atoms with van der Waals surface area (Å²) in [6.07, 6.45) is 9.68. The molecule has 16 heavy (non-hydrogen) atoms. The van der Waals surface area contributed by atoms with E-state index in [9.17, 15) is 0 Å². The lowest BCUT2D eigenvalue weighted by Crippen LogP contribution is -2.63. The minimum Gasteiger partial charge on any atom is -0.297 e. The van der Waals surface area contributed by atoms with Crippen molar-refractivity contribution in [2.45, 2.75) is 84.7 Å². The predicted octanol–water partition coefficient (Wildman–Crippen LogP) is 4.47. The van der Waals surface area contributed by atoms with Crippen LogP contribution in [0.15, 0.2) is 0 Å². The Bertz CT molecular complexity index is 130. The molecule has 0 N–H and O–H groups in total. The van der Waals surface area contributed by atoms with Crippen molar-refractivity contribution in [3.05, 3.63) is 0 Å². The van der Waals surface area contributed by atoms with Crippen LogP contribution in [0.2, 0.25) is 0 Å². The van der Waals surface area contributed by atoms with E-state index in [-0.39, 0.29) is 0 Å². The minimum absolute atomic E-state index is 0.918. The number of rotatable bonds is 8. The highest BCUT2D eigenvalue weighted by Gasteiger charge is 2.45. The summed E-state index contributed by atoms with van der Waals surface area (Å²) in [6.45, 7) is 10.7. The van der Waals surface area contributed by atoms with Gasteiger partial charge in [0.25, 0.3) is 0 Å². The second kappa shape index (κ2) is 7.32. The van der Waals surface area contributed by atoms with E-state index in [4.69, 9.17) is 0 Å². The van der Waals surface area contributed by atoms with Crippen molar-refractivity contribution in [2.75, 3.05) is 6.54 Å². The normalized spacial score (nSPS) is 30.4. The fourth-order valence-electron chi connectivity index (χ4n) is 3.55. The molecule has 0 aromatic carbocycles. The molecule has 1 rings (SSSR count). The SMILES string of the molecule is CCCC1C(CCC)N(CCC)C1CCC. The lowest BCUT2D eigenvalue weighted by Gasteiger charge is -2.56. The molecule has 96 valence electrons. The van der Waals surface area contributed by atoms with Crippen molar-refractivity contribution in [3.63, 3.8) is 0 Å². The number of hydrogen-bond donors (Lipinski definition) is 0. The molecular weight excluding hydrogens is 194 g/mol. The standard InChI is InChI=1S/C15H31N/c1-5-9-13-14(10-6-2)16(12-8-4)15(13)11-7-3/h13-15H,5-12H2,1-4H3. The van der Waals surface area contributed by atoms with Gasteiger partial charge in [-0.05, 0) is 38.1 Å². The Morgan fingerprint density at radius 2 is 1.19 bits per heavy atom. The van der Waals surface area contributed by atoms with Crippen molar-refractivity contribution in [3.8, 4) is 0 Å². The van der Waals surface area contributed by atoms with E-state index in [1.165, 1.54) is 51.5 Å². The van der Waals surface area contributed by atoms with Gasteiger partial charge < -0.3 is 0 Å². The van der Waals surface area contributed by atoms with E-state index in [1.54, 1.807) is 0 Å². The first-order valence-corrected chi connectivity index (χ1v) is 7.55. The maximum absolute atomic E-state index is 2.81. The van der Waals surface area contributed by atoms with Gasteiger partial charge in [-0.25, -0.2) is 0 Å². The lowest BCUT2D eigenvalue weighted by molar-refractivity contribution is -0.0694. The van der Waals surface area contributed by atoms with Crippen LogP contribution in [0.25, 0.3) is 0 Å². The van der Waals surface area contributed by atoms with Gasteiger partial charge in [0.15, 0.2) is 0 Å². The van der Waals surface area contributed by atoms with Crippen molar-refractivity contribution >= 4 is 0 Å². The molecule has 1 aliphatic heterocycles. The topological polar surface area (TPSA) is 3.24 Å². The third kappa shape index (κ3) is 3.00. The maximum Gasteiger partial charge on any atom is 0.0141 e. The summed E-state index contributed by atoms with van der Waals surface area (Å²) in [5.41, 5.74) is 0.